The van der Waals surface area contributed by atoms with Crippen molar-refractivity contribution in [1.82, 2.24) is 14.5 Å². The van der Waals surface area contributed by atoms with E-state index in [9.17, 15) is 4.39 Å². The number of halogens is 1. The molecule has 3 aliphatic heterocycles. The summed E-state index contributed by atoms with van der Waals surface area (Å²) in [5.74, 6) is 1.75. The van der Waals surface area contributed by atoms with Gasteiger partial charge in [-0.25, -0.2) is 9.37 Å². The maximum atomic E-state index is 13.7. The average molecular weight is 446 g/mol. The monoisotopic (exact) mass is 446 g/mol. The molecule has 0 unspecified atom stereocenters. The maximum absolute atomic E-state index is 13.7. The summed E-state index contributed by atoms with van der Waals surface area (Å²) < 4.78 is 27.1. The molecule has 3 aromatic rings. The molecule has 0 bridgehead atoms. The molecule has 1 fully saturated rings. The molecular formula is C25H23FN4O3. The van der Waals surface area contributed by atoms with E-state index in [4.69, 9.17) is 14.3 Å². The van der Waals surface area contributed by atoms with E-state index in [-0.39, 0.29) is 12.4 Å². The van der Waals surface area contributed by atoms with Crippen LogP contribution in [0.2, 0.25) is 0 Å². The van der Waals surface area contributed by atoms with Crippen molar-refractivity contribution in [2.75, 3.05) is 20.3 Å². The fourth-order valence-corrected chi connectivity index (χ4v) is 4.82. The highest BCUT2D eigenvalue weighted by molar-refractivity contribution is 6.03. The van der Waals surface area contributed by atoms with Crippen LogP contribution in [-0.2, 0) is 10.6 Å². The third kappa shape index (κ3) is 3.08. The van der Waals surface area contributed by atoms with Gasteiger partial charge in [-0.05, 0) is 61.2 Å². The Labute approximate surface area is 190 Å². The topological polar surface area (TPSA) is 61.1 Å². The number of fused-ring (bicyclic) bond motifs is 4. The third-order valence-electron chi connectivity index (χ3n) is 6.41. The molecule has 3 aliphatic rings. The third-order valence-corrected chi connectivity index (χ3v) is 6.41. The molecule has 7 nitrogen and oxygen atoms in total. The number of hydrogen-bond acceptors (Lipinski definition) is 6. The summed E-state index contributed by atoms with van der Waals surface area (Å²) >= 11 is 0. The van der Waals surface area contributed by atoms with Crippen LogP contribution in [0.1, 0.15) is 29.7 Å². The summed E-state index contributed by atoms with van der Waals surface area (Å²) in [6.07, 6.45) is 7.71. The normalized spacial score (nSPS) is 22.1. The van der Waals surface area contributed by atoms with E-state index < -0.39 is 5.72 Å². The second-order valence-corrected chi connectivity index (χ2v) is 8.50. The number of benzene rings is 2. The lowest BCUT2D eigenvalue weighted by molar-refractivity contribution is -0.114. The molecule has 6 rings (SSSR count). The van der Waals surface area contributed by atoms with E-state index in [0.29, 0.717) is 5.75 Å². The number of hydrogen-bond donors (Lipinski definition) is 0. The first kappa shape index (κ1) is 19.8. The van der Waals surface area contributed by atoms with Gasteiger partial charge < -0.3 is 23.8 Å². The van der Waals surface area contributed by atoms with Crippen LogP contribution in [0.4, 0.5) is 4.39 Å². The minimum atomic E-state index is -0.835. The molecular weight excluding hydrogens is 423 g/mol. The van der Waals surface area contributed by atoms with Crippen molar-refractivity contribution in [2.24, 2.45) is 5.16 Å². The molecule has 33 heavy (non-hydrogen) atoms. The molecule has 4 heterocycles. The van der Waals surface area contributed by atoms with Gasteiger partial charge in [0.25, 0.3) is 5.72 Å². The largest absolute Gasteiger partial charge is 0.495 e. The molecule has 1 spiro atoms. The Balaban J connectivity index is 1.33. The van der Waals surface area contributed by atoms with Crippen molar-refractivity contribution in [3.8, 4) is 17.2 Å². The number of imidazole rings is 1. The summed E-state index contributed by atoms with van der Waals surface area (Å²) in [5, 5.41) is 4.46. The van der Waals surface area contributed by atoms with Gasteiger partial charge in [-0.15, -0.1) is 0 Å². The van der Waals surface area contributed by atoms with Crippen molar-refractivity contribution in [2.45, 2.75) is 25.5 Å². The highest BCUT2D eigenvalue weighted by atomic mass is 19.1. The lowest BCUT2D eigenvalue weighted by Crippen LogP contribution is -2.50. The number of amidine groups is 1. The molecule has 0 amide bonds. The lowest BCUT2D eigenvalue weighted by Gasteiger charge is -2.36. The Hall–Kier alpha value is -3.81. The van der Waals surface area contributed by atoms with Gasteiger partial charge in [-0.1, -0.05) is 11.2 Å². The summed E-state index contributed by atoms with van der Waals surface area (Å²) in [7, 11) is 1.67. The van der Waals surface area contributed by atoms with E-state index in [2.05, 4.69) is 27.2 Å². The van der Waals surface area contributed by atoms with E-state index >= 15 is 0 Å². The first-order chi connectivity index (χ1) is 16.1. The van der Waals surface area contributed by atoms with Gasteiger partial charge in [0.2, 0.25) is 0 Å². The van der Waals surface area contributed by atoms with E-state index in [1.165, 1.54) is 12.1 Å². The van der Waals surface area contributed by atoms with Crippen LogP contribution >= 0.6 is 0 Å². The maximum Gasteiger partial charge on any atom is 0.274 e. The lowest BCUT2D eigenvalue weighted by atomic mass is 9.95. The second-order valence-electron chi connectivity index (χ2n) is 8.50. The zero-order valence-electron chi connectivity index (χ0n) is 18.4. The Bertz CT molecular complexity index is 1310. The van der Waals surface area contributed by atoms with Crippen molar-refractivity contribution in [1.29, 1.82) is 0 Å². The summed E-state index contributed by atoms with van der Waals surface area (Å²) in [6, 6.07) is 10.7. The number of nitrogens with zero attached hydrogens (tertiary/aromatic N) is 4. The Morgan fingerprint density at radius 3 is 2.94 bits per heavy atom. The van der Waals surface area contributed by atoms with Gasteiger partial charge in [0.1, 0.15) is 17.3 Å². The van der Waals surface area contributed by atoms with Gasteiger partial charge in [0.15, 0.2) is 12.4 Å². The Morgan fingerprint density at radius 2 is 2.12 bits per heavy atom. The van der Waals surface area contributed by atoms with Gasteiger partial charge in [-0.2, -0.15) is 0 Å². The van der Waals surface area contributed by atoms with Crippen molar-refractivity contribution >= 4 is 11.9 Å². The van der Waals surface area contributed by atoms with Gasteiger partial charge in [0.05, 0.1) is 30.4 Å². The number of ether oxygens (including phenoxy) is 2. The number of rotatable bonds is 3. The first-order valence-corrected chi connectivity index (χ1v) is 10.9. The van der Waals surface area contributed by atoms with Gasteiger partial charge >= 0.3 is 0 Å². The zero-order valence-corrected chi connectivity index (χ0v) is 18.4. The quantitative estimate of drug-likeness (QED) is 0.597. The molecule has 0 radical (unpaired) electrons. The Kier molecular flexibility index (Phi) is 4.43. The SMILES string of the molecule is COc1cc(/C=C2\CCCN3C2=NO[C@@]32COc3cc(F)ccc32)ccc1-n1cnc(C)c1. The molecule has 1 atom stereocenters. The van der Waals surface area contributed by atoms with Crippen LogP contribution in [0.15, 0.2) is 59.7 Å². The van der Waals surface area contributed by atoms with E-state index in [1.807, 2.05) is 29.8 Å². The fraction of sp³-hybridized carbons (Fsp3) is 0.280. The molecule has 1 aromatic heterocycles. The van der Waals surface area contributed by atoms with Crippen LogP contribution in [0.3, 0.4) is 0 Å². The number of aromatic nitrogens is 2. The molecule has 2 aromatic carbocycles. The highest BCUT2D eigenvalue weighted by Gasteiger charge is 2.55. The molecule has 0 saturated carbocycles. The minimum absolute atomic E-state index is 0.277. The number of piperidine rings is 1. The molecule has 8 heteroatoms. The van der Waals surface area contributed by atoms with Crippen molar-refractivity contribution in [3.05, 3.63) is 77.1 Å². The summed E-state index contributed by atoms with van der Waals surface area (Å²) in [4.78, 5) is 12.4. The van der Waals surface area contributed by atoms with Crippen molar-refractivity contribution < 1.29 is 18.7 Å². The molecule has 1 saturated heterocycles. The molecule has 168 valence electrons. The van der Waals surface area contributed by atoms with Gasteiger partial charge in [-0.3, -0.25) is 0 Å². The summed E-state index contributed by atoms with van der Waals surface area (Å²) in [6.45, 7) is 3.02. The van der Waals surface area contributed by atoms with Gasteiger partial charge in [0, 0.05) is 18.8 Å². The summed E-state index contributed by atoms with van der Waals surface area (Å²) in [5.41, 5.74) is 3.95. The number of oxime groups is 1. The first-order valence-electron chi connectivity index (χ1n) is 10.9. The number of methoxy groups -OCH3 is 1. The smallest absolute Gasteiger partial charge is 0.274 e. The highest BCUT2D eigenvalue weighted by Crippen LogP contribution is 2.47. The zero-order chi connectivity index (χ0) is 22.6. The predicted octanol–water partition coefficient (Wildman–Crippen LogP) is 4.40. The van der Waals surface area contributed by atoms with E-state index in [1.54, 1.807) is 19.5 Å². The number of aryl methyl sites for hydroxylation is 1. The van der Waals surface area contributed by atoms with Crippen LogP contribution < -0.4 is 9.47 Å². The second kappa shape index (κ2) is 7.37. The molecule has 0 aliphatic carbocycles. The average Bonchev–Trinajstić information content (AvgIpc) is 3.52. The van der Waals surface area contributed by atoms with Crippen LogP contribution in [-0.4, -0.2) is 40.5 Å². The Morgan fingerprint density at radius 1 is 1.21 bits per heavy atom. The molecule has 0 N–H and O–H groups in total. The fourth-order valence-electron chi connectivity index (χ4n) is 4.82. The van der Waals surface area contributed by atoms with Crippen LogP contribution in [0.25, 0.3) is 11.8 Å². The van der Waals surface area contributed by atoms with E-state index in [0.717, 1.165) is 59.1 Å². The van der Waals surface area contributed by atoms with Crippen LogP contribution in [0, 0.1) is 12.7 Å². The standard InChI is InChI=1S/C25H23FN4O3/c1-16-13-29(15-27-16)21-8-5-17(11-23(21)31-2)10-18-4-3-9-30-24(18)28-33-25(30)14-32-22-12-19(26)6-7-20(22)25/h5-8,10-13,15H,3-4,9,14H2,1-2H3/b18-10+/t25-/m1/s1. The minimum Gasteiger partial charge on any atom is -0.495 e. The van der Waals surface area contributed by atoms with Crippen LogP contribution in [0.5, 0.6) is 11.5 Å². The van der Waals surface area contributed by atoms with Crippen molar-refractivity contribution in [3.63, 3.8) is 0 Å². The predicted molar refractivity (Wildman–Crippen MR) is 121 cm³/mol.